The van der Waals surface area contributed by atoms with Gasteiger partial charge in [-0.1, -0.05) is 87.4 Å². The molecule has 0 bridgehead atoms. The van der Waals surface area contributed by atoms with E-state index in [2.05, 4.69) is 10.5 Å². The van der Waals surface area contributed by atoms with Crippen molar-refractivity contribution in [3.05, 3.63) is 112 Å². The summed E-state index contributed by atoms with van der Waals surface area (Å²) < 4.78 is 40.3. The molecule has 312 valence electrons. The number of hydrogen-bond donors (Lipinski definition) is 3. The predicted octanol–water partition coefficient (Wildman–Crippen LogP) is 8.60. The van der Waals surface area contributed by atoms with E-state index in [1.54, 1.807) is 20.8 Å². The minimum atomic E-state index is -2.80. The van der Waals surface area contributed by atoms with Gasteiger partial charge in [0.15, 0.2) is 17.1 Å². The Morgan fingerprint density at radius 1 is 0.949 bits per heavy atom. The first-order chi connectivity index (χ1) is 28.3. The Morgan fingerprint density at radius 3 is 2.15 bits per heavy atom. The fraction of sp³-hybridized carbons (Fsp3) is 0.435. The lowest BCUT2D eigenvalue weighted by atomic mass is 9.57. The van der Waals surface area contributed by atoms with Gasteiger partial charge in [0.2, 0.25) is 11.6 Å². The number of benzene rings is 3. The van der Waals surface area contributed by atoms with Crippen LogP contribution in [-0.2, 0) is 29.0 Å². The number of ketones is 2. The largest absolute Gasteiger partial charge is 0.507 e. The number of ether oxygens (including phenoxy) is 3. The fourth-order valence-corrected chi connectivity index (χ4v) is 8.41. The predicted molar refractivity (Wildman–Crippen MR) is 218 cm³/mol. The Kier molecular flexibility index (Phi) is 11.9. The molecular formula is C46H52FN3O9. The van der Waals surface area contributed by atoms with Gasteiger partial charge in [-0.2, -0.15) is 0 Å². The lowest BCUT2D eigenvalue weighted by Gasteiger charge is -2.48. The van der Waals surface area contributed by atoms with Crippen molar-refractivity contribution in [2.75, 3.05) is 18.1 Å². The third kappa shape index (κ3) is 8.04. The van der Waals surface area contributed by atoms with Gasteiger partial charge >= 0.3 is 6.09 Å². The van der Waals surface area contributed by atoms with E-state index in [1.807, 2.05) is 79.4 Å². The molecule has 0 unspecified atom stereocenters. The van der Waals surface area contributed by atoms with Crippen LogP contribution in [0.15, 0.2) is 76.8 Å². The number of hydrogen-bond acceptors (Lipinski definition) is 11. The Balaban J connectivity index is 1.37. The highest BCUT2D eigenvalue weighted by atomic mass is 19.1. The molecule has 3 aliphatic carbocycles. The van der Waals surface area contributed by atoms with Crippen LogP contribution in [0.4, 0.5) is 14.9 Å². The van der Waals surface area contributed by atoms with Crippen molar-refractivity contribution in [3.8, 4) is 11.6 Å². The zero-order valence-electron chi connectivity index (χ0n) is 34.2. The second kappa shape index (κ2) is 16.9. The van der Waals surface area contributed by atoms with Crippen LogP contribution >= 0.6 is 0 Å². The van der Waals surface area contributed by atoms with E-state index in [-0.39, 0.29) is 65.7 Å². The summed E-state index contributed by atoms with van der Waals surface area (Å²) in [4.78, 5) is 44.9. The number of halogens is 1. The van der Waals surface area contributed by atoms with Gasteiger partial charge in [0, 0.05) is 36.2 Å². The minimum Gasteiger partial charge on any atom is -0.507 e. The number of fused-ring (bicyclic) bond motifs is 4. The van der Waals surface area contributed by atoms with E-state index >= 15 is 4.39 Å². The first-order valence-electron chi connectivity index (χ1n) is 20.4. The molecule has 0 radical (unpaired) electrons. The standard InChI is InChI=1S/C46H52FN3O9/c1-6-8-20-56-39-33(50(25-27-16-12-10-13-17-27)26-28-18-14-11-15-19-28)24-32(47)30-22-29-23-31-37(48-44(54)58-45(3,4)5)40-36(43(49-59-40)57-21-9-7-2)42(53)46(31,55)41(52)34(29)38(51)35(30)39/h10-19,24,29,31,37,51,55H,6-9,20-23,25-26H2,1-5H3,(H,48,54)/t29-,31-,37-,46-/m0/s1. The molecule has 4 aromatic rings. The molecule has 3 N–H and O–H groups in total. The molecule has 1 saturated carbocycles. The maximum Gasteiger partial charge on any atom is 0.408 e. The first kappa shape index (κ1) is 41.5. The number of aliphatic hydroxyl groups is 2. The van der Waals surface area contributed by atoms with E-state index in [9.17, 15) is 24.6 Å². The van der Waals surface area contributed by atoms with Crippen LogP contribution in [0, 0.1) is 17.7 Å². The summed E-state index contributed by atoms with van der Waals surface area (Å²) in [5.74, 6) is -5.58. The summed E-state index contributed by atoms with van der Waals surface area (Å²) in [5.41, 5.74) is -1.79. The molecule has 3 aliphatic rings. The molecule has 0 saturated heterocycles. The molecule has 1 aromatic heterocycles. The van der Waals surface area contributed by atoms with Crippen molar-refractivity contribution < 1.29 is 47.7 Å². The van der Waals surface area contributed by atoms with Gasteiger partial charge in [-0.3, -0.25) is 9.59 Å². The van der Waals surface area contributed by atoms with E-state index in [4.69, 9.17) is 18.7 Å². The van der Waals surface area contributed by atoms with Crippen LogP contribution in [0.25, 0.3) is 5.76 Å². The lowest BCUT2D eigenvalue weighted by Crippen LogP contribution is -2.63. The highest BCUT2D eigenvalue weighted by Gasteiger charge is 2.65. The number of alkyl carbamates (subject to hydrolysis) is 1. The smallest absolute Gasteiger partial charge is 0.408 e. The van der Waals surface area contributed by atoms with Crippen molar-refractivity contribution >= 4 is 29.1 Å². The second-order valence-electron chi connectivity index (χ2n) is 16.6. The highest BCUT2D eigenvalue weighted by molar-refractivity contribution is 6.26. The molecule has 4 atom stereocenters. The number of unbranched alkanes of at least 4 members (excludes halogenated alkanes) is 2. The number of nitrogens with zero attached hydrogens (tertiary/aromatic N) is 2. The molecule has 1 heterocycles. The highest BCUT2D eigenvalue weighted by Crippen LogP contribution is 2.56. The van der Waals surface area contributed by atoms with Crippen molar-refractivity contribution in [3.63, 3.8) is 0 Å². The van der Waals surface area contributed by atoms with Crippen LogP contribution in [0.1, 0.15) is 111 Å². The number of amides is 1. The lowest BCUT2D eigenvalue weighted by molar-refractivity contribution is -0.140. The zero-order valence-corrected chi connectivity index (χ0v) is 34.2. The van der Waals surface area contributed by atoms with Gasteiger partial charge in [0.05, 0.1) is 24.5 Å². The van der Waals surface area contributed by atoms with Crippen LogP contribution in [-0.4, -0.2) is 57.4 Å². The number of anilines is 1. The summed E-state index contributed by atoms with van der Waals surface area (Å²) in [5, 5.41) is 31.7. The maximum atomic E-state index is 16.9. The second-order valence-corrected chi connectivity index (χ2v) is 16.6. The Bertz CT molecular complexity index is 2190. The van der Waals surface area contributed by atoms with E-state index < -0.39 is 58.3 Å². The molecular weight excluding hydrogens is 758 g/mol. The number of carbonyl (C=O) groups is 3. The molecule has 12 nitrogen and oxygen atoms in total. The van der Waals surface area contributed by atoms with Gasteiger partial charge in [-0.05, 0) is 68.7 Å². The number of rotatable bonds is 14. The fourth-order valence-electron chi connectivity index (χ4n) is 8.41. The Hall–Kier alpha value is -5.69. The van der Waals surface area contributed by atoms with Crippen molar-refractivity contribution in [1.29, 1.82) is 0 Å². The molecule has 0 aliphatic heterocycles. The number of aliphatic hydroxyl groups excluding tert-OH is 1. The number of nitrogens with one attached hydrogen (secondary N) is 1. The summed E-state index contributed by atoms with van der Waals surface area (Å²) >= 11 is 0. The number of Topliss-reactive ketones (excluding diaryl/α,β-unsaturated/α-hetero) is 2. The van der Waals surface area contributed by atoms with Gasteiger partial charge in [0.1, 0.15) is 28.8 Å². The summed E-state index contributed by atoms with van der Waals surface area (Å²) in [7, 11) is 0. The molecule has 3 aromatic carbocycles. The summed E-state index contributed by atoms with van der Waals surface area (Å²) in [6, 6.07) is 19.6. The number of aromatic nitrogens is 1. The number of carbonyl (C=O) groups excluding carboxylic acids is 3. The molecule has 59 heavy (non-hydrogen) atoms. The SMILES string of the molecule is CCCCOc1noc2c1C(=O)[C@@]1(O)C(=O)C3=C(O)c4c(c(F)cc(N(Cc5ccccc5)Cc5ccccc5)c4OCCCC)C[C@H]3C[C@H]1[C@@H]2NC(=O)OC(C)(C)C. The molecule has 7 rings (SSSR count). The average Bonchev–Trinajstić information content (AvgIpc) is 3.62. The molecule has 0 spiro atoms. The zero-order chi connectivity index (χ0) is 42.1. The summed E-state index contributed by atoms with van der Waals surface area (Å²) in [6.07, 6.45) is 1.78. The minimum absolute atomic E-state index is 0.00446. The van der Waals surface area contributed by atoms with Crippen LogP contribution in [0.2, 0.25) is 0 Å². The maximum absolute atomic E-state index is 16.9. The van der Waals surface area contributed by atoms with Crippen LogP contribution < -0.4 is 19.7 Å². The van der Waals surface area contributed by atoms with Gasteiger partial charge in [0.25, 0.3) is 5.88 Å². The normalized spacial score (nSPS) is 20.9. The quantitative estimate of drug-likeness (QED) is 0.0827. The first-order valence-corrected chi connectivity index (χ1v) is 20.4. The summed E-state index contributed by atoms with van der Waals surface area (Å²) in [6.45, 7) is 10.2. The molecule has 13 heteroatoms. The van der Waals surface area contributed by atoms with E-state index in [1.165, 1.54) is 6.07 Å². The Labute approximate surface area is 343 Å². The monoisotopic (exact) mass is 809 g/mol. The molecule has 1 amide bonds. The third-order valence-corrected chi connectivity index (χ3v) is 11.2. The third-order valence-electron chi connectivity index (χ3n) is 11.2. The van der Waals surface area contributed by atoms with Gasteiger partial charge in [-0.25, -0.2) is 9.18 Å². The van der Waals surface area contributed by atoms with Crippen molar-refractivity contribution in [2.45, 2.75) is 103 Å². The van der Waals surface area contributed by atoms with Crippen molar-refractivity contribution in [1.82, 2.24) is 10.5 Å². The Morgan fingerprint density at radius 2 is 1.56 bits per heavy atom. The van der Waals surface area contributed by atoms with Crippen LogP contribution in [0.3, 0.4) is 0 Å². The van der Waals surface area contributed by atoms with Gasteiger partial charge < -0.3 is 39.2 Å². The topological polar surface area (TPSA) is 161 Å². The van der Waals surface area contributed by atoms with Crippen LogP contribution in [0.5, 0.6) is 11.6 Å². The average molecular weight is 810 g/mol. The van der Waals surface area contributed by atoms with E-state index in [0.29, 0.717) is 31.6 Å². The molecule has 1 fully saturated rings. The van der Waals surface area contributed by atoms with Gasteiger partial charge in [-0.15, -0.1) is 0 Å². The van der Waals surface area contributed by atoms with Crippen molar-refractivity contribution in [2.24, 2.45) is 11.8 Å². The van der Waals surface area contributed by atoms with E-state index in [0.717, 1.165) is 24.0 Å².